The summed E-state index contributed by atoms with van der Waals surface area (Å²) in [6.45, 7) is 6.78. The van der Waals surface area contributed by atoms with Gasteiger partial charge in [-0.05, 0) is 93.0 Å². The summed E-state index contributed by atoms with van der Waals surface area (Å²) in [6.07, 6.45) is 0. The molecule has 8 aromatic rings. The Morgan fingerprint density at radius 3 is 1.98 bits per heavy atom. The molecule has 0 unspecified atom stereocenters. The van der Waals surface area contributed by atoms with E-state index in [-0.39, 0.29) is 5.41 Å². The van der Waals surface area contributed by atoms with Crippen LogP contribution in [0.1, 0.15) is 30.5 Å². The Bertz CT molecular complexity index is 2670. The fourth-order valence-corrected chi connectivity index (χ4v) is 9.80. The van der Waals surface area contributed by atoms with Gasteiger partial charge in [0, 0.05) is 45.0 Å². The van der Waals surface area contributed by atoms with Crippen LogP contribution in [0, 0.1) is 0 Å². The number of ether oxygens (including phenoxy) is 1. The molecule has 0 N–H and O–H groups in total. The lowest BCUT2D eigenvalue weighted by Crippen LogP contribution is -2.21. The zero-order valence-electron chi connectivity index (χ0n) is 31.7. The lowest BCUT2D eigenvalue weighted by atomic mass is 9.81. The van der Waals surface area contributed by atoms with Crippen LogP contribution >= 0.6 is 11.3 Å². The Morgan fingerprint density at radius 1 is 0.554 bits per heavy atom. The minimum Gasteiger partial charge on any atom is -0.375 e. The molecule has 0 spiro atoms. The van der Waals surface area contributed by atoms with Crippen LogP contribution in [0.25, 0.3) is 43.8 Å². The Balaban J connectivity index is 1.23. The summed E-state index contributed by atoms with van der Waals surface area (Å²) < 4.78 is 6.25. The molecule has 2 aliphatic rings. The Hall–Kier alpha value is -6.20. The van der Waals surface area contributed by atoms with Gasteiger partial charge in [-0.3, -0.25) is 0 Å². The molecular weight excluding hydrogens is 701 g/mol. The first-order valence-electron chi connectivity index (χ1n) is 19.5. The molecule has 3 nitrogen and oxygen atoms in total. The van der Waals surface area contributed by atoms with Crippen molar-refractivity contribution in [2.24, 2.45) is 0 Å². The molecular formula is C52H42N2OS. The SMILES string of the molecule is CC1(C)c2ccccc2-c2c(-c3cccc4c3N(c3ccccc3)CCOC4)cc(N(c3ccc(-c4ccccc4)cc3)c3ccc(-c4ccccc4)s3)cc21. The van der Waals surface area contributed by atoms with E-state index in [0.29, 0.717) is 13.2 Å². The summed E-state index contributed by atoms with van der Waals surface area (Å²) >= 11 is 1.83. The first-order valence-corrected chi connectivity index (χ1v) is 20.3. The maximum absolute atomic E-state index is 6.25. The first kappa shape index (κ1) is 34.3. The summed E-state index contributed by atoms with van der Waals surface area (Å²) in [5, 5.41) is 1.17. The summed E-state index contributed by atoms with van der Waals surface area (Å²) in [5.41, 5.74) is 17.1. The third-order valence-corrected chi connectivity index (χ3v) is 12.6. The van der Waals surface area contributed by atoms with Crippen molar-refractivity contribution in [3.05, 3.63) is 199 Å². The number of anilines is 5. The van der Waals surface area contributed by atoms with Gasteiger partial charge < -0.3 is 14.5 Å². The highest BCUT2D eigenvalue weighted by atomic mass is 32.1. The minimum absolute atomic E-state index is 0.210. The van der Waals surface area contributed by atoms with E-state index < -0.39 is 0 Å². The highest BCUT2D eigenvalue weighted by Crippen LogP contribution is 2.56. The highest BCUT2D eigenvalue weighted by Gasteiger charge is 2.39. The molecule has 2 heterocycles. The van der Waals surface area contributed by atoms with Crippen LogP contribution in [0.5, 0.6) is 0 Å². The molecule has 1 aliphatic carbocycles. The molecule has 1 aliphatic heterocycles. The van der Waals surface area contributed by atoms with Crippen LogP contribution in [0.2, 0.25) is 0 Å². The number of para-hydroxylation sites is 2. The molecule has 0 radical (unpaired) electrons. The van der Waals surface area contributed by atoms with Gasteiger partial charge in [-0.1, -0.05) is 147 Å². The molecule has 0 amide bonds. The van der Waals surface area contributed by atoms with Gasteiger partial charge in [-0.25, -0.2) is 0 Å². The van der Waals surface area contributed by atoms with E-state index in [4.69, 9.17) is 4.74 Å². The van der Waals surface area contributed by atoms with Crippen molar-refractivity contribution < 1.29 is 4.74 Å². The van der Waals surface area contributed by atoms with E-state index in [1.54, 1.807) is 0 Å². The van der Waals surface area contributed by atoms with Gasteiger partial charge in [-0.2, -0.15) is 0 Å². The van der Waals surface area contributed by atoms with Gasteiger partial charge in [0.05, 0.1) is 18.9 Å². The molecule has 0 saturated carbocycles. The van der Waals surface area contributed by atoms with Crippen molar-refractivity contribution >= 4 is 39.1 Å². The van der Waals surface area contributed by atoms with Gasteiger partial charge >= 0.3 is 0 Å². The topological polar surface area (TPSA) is 15.7 Å². The molecule has 0 saturated heterocycles. The molecule has 0 fully saturated rings. The maximum Gasteiger partial charge on any atom is 0.101 e. The van der Waals surface area contributed by atoms with Crippen LogP contribution in [-0.4, -0.2) is 13.2 Å². The van der Waals surface area contributed by atoms with E-state index in [9.17, 15) is 0 Å². The summed E-state index contributed by atoms with van der Waals surface area (Å²) in [5.74, 6) is 0. The van der Waals surface area contributed by atoms with E-state index in [1.165, 1.54) is 76.9 Å². The van der Waals surface area contributed by atoms with Crippen molar-refractivity contribution in [3.63, 3.8) is 0 Å². The number of benzene rings is 7. The summed E-state index contributed by atoms with van der Waals surface area (Å²) in [6, 6.07) is 66.5. The highest BCUT2D eigenvalue weighted by molar-refractivity contribution is 7.19. The largest absolute Gasteiger partial charge is 0.375 e. The summed E-state index contributed by atoms with van der Waals surface area (Å²) in [4.78, 5) is 6.18. The fraction of sp³-hybridized carbons (Fsp3) is 0.115. The summed E-state index contributed by atoms with van der Waals surface area (Å²) in [7, 11) is 0. The monoisotopic (exact) mass is 742 g/mol. The van der Waals surface area contributed by atoms with Crippen molar-refractivity contribution in [2.75, 3.05) is 23.0 Å². The van der Waals surface area contributed by atoms with Crippen LogP contribution in [-0.2, 0) is 16.8 Å². The Kier molecular flexibility index (Phi) is 8.66. The second kappa shape index (κ2) is 14.1. The molecule has 272 valence electrons. The van der Waals surface area contributed by atoms with E-state index in [0.717, 1.165) is 17.9 Å². The number of hydrogen-bond donors (Lipinski definition) is 0. The number of hydrogen-bond acceptors (Lipinski definition) is 4. The van der Waals surface area contributed by atoms with E-state index in [1.807, 2.05) is 11.3 Å². The third-order valence-electron chi connectivity index (χ3n) is 11.5. The Labute approximate surface area is 333 Å². The van der Waals surface area contributed by atoms with E-state index in [2.05, 4.69) is 206 Å². The van der Waals surface area contributed by atoms with Gasteiger partial charge in [-0.15, -0.1) is 11.3 Å². The van der Waals surface area contributed by atoms with Crippen LogP contribution in [0.3, 0.4) is 0 Å². The van der Waals surface area contributed by atoms with Crippen molar-refractivity contribution in [1.29, 1.82) is 0 Å². The zero-order valence-corrected chi connectivity index (χ0v) is 32.5. The molecule has 0 bridgehead atoms. The quantitative estimate of drug-likeness (QED) is 0.162. The smallest absolute Gasteiger partial charge is 0.101 e. The molecule has 7 aromatic carbocycles. The van der Waals surface area contributed by atoms with Crippen LogP contribution < -0.4 is 9.80 Å². The van der Waals surface area contributed by atoms with Gasteiger partial charge in [0.2, 0.25) is 0 Å². The average molecular weight is 743 g/mol. The second-order valence-corrected chi connectivity index (χ2v) is 16.3. The lowest BCUT2D eigenvalue weighted by molar-refractivity contribution is 0.133. The zero-order chi connectivity index (χ0) is 37.6. The molecule has 1 aromatic heterocycles. The number of thiophene rings is 1. The number of rotatable bonds is 7. The predicted molar refractivity (Wildman–Crippen MR) is 236 cm³/mol. The van der Waals surface area contributed by atoms with Gasteiger partial charge in [0.1, 0.15) is 5.00 Å². The predicted octanol–water partition coefficient (Wildman–Crippen LogP) is 14.2. The van der Waals surface area contributed by atoms with Crippen molar-refractivity contribution in [3.8, 4) is 43.8 Å². The normalized spacial score (nSPS) is 14.1. The second-order valence-electron chi connectivity index (χ2n) is 15.2. The lowest BCUT2D eigenvalue weighted by Gasteiger charge is -2.30. The molecule has 10 rings (SSSR count). The minimum atomic E-state index is -0.210. The number of nitrogens with zero attached hydrogens (tertiary/aromatic N) is 2. The van der Waals surface area contributed by atoms with Crippen molar-refractivity contribution in [1.82, 2.24) is 0 Å². The standard InChI is InChI=1S/C52H42N2OS/c1-52(2)46-24-13-12-22-44(46)50-45(43-23-14-19-39-35-55-32-31-53(51(39)43)40-20-10-5-11-21-40)33-42(34-47(50)52)54(49-30-29-48(56-49)38-17-8-4-9-18-38)41-27-25-37(26-28-41)36-15-6-3-7-16-36/h3-30,33-34H,31-32,35H2,1-2H3. The molecule has 0 atom stereocenters. The maximum atomic E-state index is 6.25. The first-order chi connectivity index (χ1) is 27.5. The van der Waals surface area contributed by atoms with E-state index >= 15 is 0 Å². The van der Waals surface area contributed by atoms with Gasteiger partial charge in [0.15, 0.2) is 0 Å². The third kappa shape index (κ3) is 5.94. The molecule has 56 heavy (non-hydrogen) atoms. The van der Waals surface area contributed by atoms with Crippen LogP contribution in [0.4, 0.5) is 27.8 Å². The van der Waals surface area contributed by atoms with Gasteiger partial charge in [0.25, 0.3) is 0 Å². The van der Waals surface area contributed by atoms with Crippen molar-refractivity contribution in [2.45, 2.75) is 25.9 Å². The van der Waals surface area contributed by atoms with Crippen LogP contribution in [0.15, 0.2) is 182 Å². The Morgan fingerprint density at radius 2 is 1.21 bits per heavy atom. The fourth-order valence-electron chi connectivity index (χ4n) is 8.75. The average Bonchev–Trinajstić information content (AvgIpc) is 3.74. The number of fused-ring (bicyclic) bond motifs is 4. The molecule has 4 heteroatoms.